The third-order valence-corrected chi connectivity index (χ3v) is 5.61. The molecule has 3 rings (SSSR count). The minimum absolute atomic E-state index is 0.156. The van der Waals surface area contributed by atoms with Gasteiger partial charge in [0.25, 0.3) is 5.91 Å². The lowest BCUT2D eigenvalue weighted by Gasteiger charge is -2.19. The zero-order valence-corrected chi connectivity index (χ0v) is 19.3. The highest BCUT2D eigenvalue weighted by Gasteiger charge is 2.26. The summed E-state index contributed by atoms with van der Waals surface area (Å²) in [6.45, 7) is 3.58. The number of ether oxygens (including phenoxy) is 1. The van der Waals surface area contributed by atoms with Crippen LogP contribution in [0.15, 0.2) is 47.8 Å². The fraction of sp³-hybridized carbons (Fsp3) is 0.217. The molecule has 1 atom stereocenters. The molecule has 0 bridgehead atoms. The second-order valence-electron chi connectivity index (χ2n) is 7.54. The number of esters is 1. The van der Waals surface area contributed by atoms with Crippen LogP contribution in [0.5, 0.6) is 0 Å². The summed E-state index contributed by atoms with van der Waals surface area (Å²) in [5.41, 5.74) is 1.14. The minimum Gasteiger partial charge on any atom is -0.467 e. The summed E-state index contributed by atoms with van der Waals surface area (Å²) in [7, 11) is 1.26. The Morgan fingerprint density at radius 1 is 1.03 bits per heavy atom. The Hall–Kier alpha value is -3.86. The summed E-state index contributed by atoms with van der Waals surface area (Å²) in [5.74, 6) is -2.82. The molecule has 0 spiro atoms. The molecule has 1 unspecified atom stereocenters. The fourth-order valence-electron chi connectivity index (χ4n) is 2.92. The van der Waals surface area contributed by atoms with Crippen molar-refractivity contribution in [2.75, 3.05) is 17.7 Å². The normalized spacial score (nSPS) is 11.6. The Kier molecular flexibility index (Phi) is 7.90. The first kappa shape index (κ1) is 24.8. The molecule has 178 valence electrons. The summed E-state index contributed by atoms with van der Waals surface area (Å²) in [6, 6.07) is 7.96. The van der Waals surface area contributed by atoms with Gasteiger partial charge in [0.15, 0.2) is 0 Å². The number of thiazole rings is 1. The number of nitrogens with zero attached hydrogens (tertiary/aromatic N) is 1. The van der Waals surface area contributed by atoms with Crippen molar-refractivity contribution >= 4 is 40.6 Å². The summed E-state index contributed by atoms with van der Waals surface area (Å²) >= 11 is 1.24. The van der Waals surface area contributed by atoms with E-state index < -0.39 is 35.6 Å². The minimum atomic E-state index is -0.889. The zero-order chi connectivity index (χ0) is 24.8. The summed E-state index contributed by atoms with van der Waals surface area (Å²) in [5, 5.41) is 9.63. The Morgan fingerprint density at radius 3 is 2.35 bits per heavy atom. The lowest BCUT2D eigenvalue weighted by atomic mass is 10.0. The number of anilines is 2. The van der Waals surface area contributed by atoms with Gasteiger partial charge in [0.1, 0.15) is 28.4 Å². The standard InChI is InChI=1S/C23H22F2N4O4S/c1-12(2)19(22(31)33-3)29-20(30)18-11-34-21(27-18)13-4-7-15(8-5-13)26-23(32)28-17-9-6-14(24)10-16(17)25/h4-12,19H,1-3H3,(H,29,30)(H2,26,28,32). The fourth-order valence-corrected chi connectivity index (χ4v) is 3.73. The number of methoxy groups -OCH3 is 1. The molecule has 1 aromatic heterocycles. The molecule has 2 aromatic carbocycles. The van der Waals surface area contributed by atoms with Crippen LogP contribution in [0.4, 0.5) is 25.0 Å². The van der Waals surface area contributed by atoms with E-state index in [0.29, 0.717) is 22.3 Å². The molecular weight excluding hydrogens is 466 g/mol. The number of halogens is 2. The number of carbonyl (C=O) groups is 3. The molecule has 0 fully saturated rings. The van der Waals surface area contributed by atoms with E-state index in [-0.39, 0.29) is 17.3 Å². The molecular formula is C23H22F2N4O4S. The largest absolute Gasteiger partial charge is 0.467 e. The van der Waals surface area contributed by atoms with Gasteiger partial charge in [0.05, 0.1) is 12.8 Å². The number of hydrogen-bond donors (Lipinski definition) is 3. The van der Waals surface area contributed by atoms with Crippen molar-refractivity contribution in [3.05, 3.63) is 65.2 Å². The monoisotopic (exact) mass is 488 g/mol. The number of rotatable bonds is 7. The van der Waals surface area contributed by atoms with E-state index in [1.54, 1.807) is 43.5 Å². The molecule has 0 aliphatic heterocycles. The van der Waals surface area contributed by atoms with Gasteiger partial charge in [0.2, 0.25) is 0 Å². The first-order valence-electron chi connectivity index (χ1n) is 10.2. The predicted molar refractivity (Wildman–Crippen MR) is 125 cm³/mol. The smallest absolute Gasteiger partial charge is 0.328 e. The Balaban J connectivity index is 1.63. The van der Waals surface area contributed by atoms with Crippen LogP contribution in [0.3, 0.4) is 0 Å². The van der Waals surface area contributed by atoms with Gasteiger partial charge >= 0.3 is 12.0 Å². The number of hydrogen-bond acceptors (Lipinski definition) is 6. The van der Waals surface area contributed by atoms with Crippen LogP contribution in [-0.2, 0) is 9.53 Å². The molecule has 11 heteroatoms. The summed E-state index contributed by atoms with van der Waals surface area (Å²) < 4.78 is 31.4. The molecule has 3 amide bonds. The van der Waals surface area contributed by atoms with Crippen LogP contribution in [0.1, 0.15) is 24.3 Å². The lowest BCUT2D eigenvalue weighted by molar-refractivity contribution is -0.144. The number of urea groups is 1. The number of nitrogens with one attached hydrogen (secondary N) is 3. The van der Waals surface area contributed by atoms with Crippen LogP contribution >= 0.6 is 11.3 Å². The van der Waals surface area contributed by atoms with Gasteiger partial charge in [-0.05, 0) is 42.3 Å². The van der Waals surface area contributed by atoms with Crippen molar-refractivity contribution in [1.29, 1.82) is 0 Å². The topological polar surface area (TPSA) is 109 Å². The Bertz CT molecular complexity index is 1200. The van der Waals surface area contributed by atoms with E-state index in [1.807, 2.05) is 0 Å². The molecule has 0 saturated carbocycles. The summed E-state index contributed by atoms with van der Waals surface area (Å²) in [6.07, 6.45) is 0. The van der Waals surface area contributed by atoms with Crippen molar-refractivity contribution < 1.29 is 27.9 Å². The highest BCUT2D eigenvalue weighted by atomic mass is 32.1. The highest BCUT2D eigenvalue weighted by molar-refractivity contribution is 7.13. The lowest BCUT2D eigenvalue weighted by Crippen LogP contribution is -2.45. The maximum absolute atomic E-state index is 13.7. The number of aromatic nitrogens is 1. The van der Waals surface area contributed by atoms with E-state index in [1.165, 1.54) is 18.4 Å². The van der Waals surface area contributed by atoms with Gasteiger partial charge in [-0.25, -0.2) is 23.4 Å². The van der Waals surface area contributed by atoms with Crippen LogP contribution < -0.4 is 16.0 Å². The zero-order valence-electron chi connectivity index (χ0n) is 18.5. The van der Waals surface area contributed by atoms with Crippen molar-refractivity contribution in [2.45, 2.75) is 19.9 Å². The van der Waals surface area contributed by atoms with Gasteiger partial charge in [-0.1, -0.05) is 13.8 Å². The van der Waals surface area contributed by atoms with E-state index in [0.717, 1.165) is 12.1 Å². The van der Waals surface area contributed by atoms with E-state index in [9.17, 15) is 23.2 Å². The molecule has 0 saturated heterocycles. The van der Waals surface area contributed by atoms with Crippen molar-refractivity contribution in [1.82, 2.24) is 10.3 Å². The van der Waals surface area contributed by atoms with E-state index in [2.05, 4.69) is 20.9 Å². The molecule has 3 aromatic rings. The van der Waals surface area contributed by atoms with Crippen LogP contribution in [0.25, 0.3) is 10.6 Å². The van der Waals surface area contributed by atoms with Crippen molar-refractivity contribution in [3.8, 4) is 10.6 Å². The molecule has 1 heterocycles. The number of carbonyl (C=O) groups excluding carboxylic acids is 3. The Morgan fingerprint density at radius 2 is 1.74 bits per heavy atom. The first-order valence-corrected chi connectivity index (χ1v) is 11.0. The quantitative estimate of drug-likeness (QED) is 0.419. The van der Waals surface area contributed by atoms with Gasteiger partial charge in [-0.15, -0.1) is 11.3 Å². The van der Waals surface area contributed by atoms with E-state index in [4.69, 9.17) is 4.74 Å². The molecule has 34 heavy (non-hydrogen) atoms. The average Bonchev–Trinajstić information content (AvgIpc) is 3.29. The third kappa shape index (κ3) is 6.13. The van der Waals surface area contributed by atoms with E-state index >= 15 is 0 Å². The van der Waals surface area contributed by atoms with Gasteiger partial charge < -0.3 is 20.7 Å². The van der Waals surface area contributed by atoms with Crippen LogP contribution in [0.2, 0.25) is 0 Å². The Labute approximate surface area is 198 Å². The summed E-state index contributed by atoms with van der Waals surface area (Å²) in [4.78, 5) is 40.8. The third-order valence-electron chi connectivity index (χ3n) is 4.71. The van der Waals surface area contributed by atoms with Crippen LogP contribution in [-0.4, -0.2) is 36.0 Å². The average molecular weight is 489 g/mol. The second-order valence-corrected chi connectivity index (χ2v) is 8.39. The number of amides is 3. The highest BCUT2D eigenvalue weighted by Crippen LogP contribution is 2.25. The number of benzene rings is 2. The van der Waals surface area contributed by atoms with Crippen molar-refractivity contribution in [3.63, 3.8) is 0 Å². The van der Waals surface area contributed by atoms with Gasteiger partial charge in [-0.3, -0.25) is 4.79 Å². The second kappa shape index (κ2) is 10.8. The molecule has 0 radical (unpaired) electrons. The SMILES string of the molecule is COC(=O)C(NC(=O)c1csc(-c2ccc(NC(=O)Nc3ccc(F)cc3F)cc2)n1)C(C)C. The first-order chi connectivity index (χ1) is 16.2. The predicted octanol–water partition coefficient (Wildman–Crippen LogP) is 4.66. The van der Waals surface area contributed by atoms with Gasteiger partial charge in [0, 0.05) is 22.7 Å². The molecule has 0 aliphatic carbocycles. The molecule has 8 nitrogen and oxygen atoms in total. The molecule has 3 N–H and O–H groups in total. The van der Waals surface area contributed by atoms with Crippen molar-refractivity contribution in [2.24, 2.45) is 5.92 Å². The molecule has 0 aliphatic rings. The maximum atomic E-state index is 13.7. The van der Waals surface area contributed by atoms with Crippen LogP contribution in [0, 0.1) is 17.6 Å². The maximum Gasteiger partial charge on any atom is 0.328 e. The van der Waals surface area contributed by atoms with Gasteiger partial charge in [-0.2, -0.15) is 0 Å².